The minimum Gasteiger partial charge on any atom is -0.309 e. The summed E-state index contributed by atoms with van der Waals surface area (Å²) in [6, 6.07) is 16.0. The van der Waals surface area contributed by atoms with Crippen molar-refractivity contribution in [3.05, 3.63) is 48.0 Å². The highest BCUT2D eigenvalue weighted by molar-refractivity contribution is 7.99. The third-order valence-electron chi connectivity index (χ3n) is 3.57. The molecule has 2 aromatic carbocycles. The lowest BCUT2D eigenvalue weighted by molar-refractivity contribution is 0.508. The Kier molecular flexibility index (Phi) is 3.87. The van der Waals surface area contributed by atoms with E-state index in [9.17, 15) is 0 Å². The van der Waals surface area contributed by atoms with Gasteiger partial charge < -0.3 is 5.32 Å². The van der Waals surface area contributed by atoms with Gasteiger partial charge in [0.05, 0.1) is 0 Å². The summed E-state index contributed by atoms with van der Waals surface area (Å²) in [7, 11) is 0. The summed E-state index contributed by atoms with van der Waals surface area (Å²) in [5, 5.41) is 6.35. The molecule has 1 atom stereocenters. The first-order valence-electron chi connectivity index (χ1n) is 6.71. The molecule has 0 amide bonds. The Bertz CT molecular complexity index is 517. The molecule has 0 aromatic heterocycles. The van der Waals surface area contributed by atoms with Crippen LogP contribution in [0.25, 0.3) is 10.8 Å². The van der Waals surface area contributed by atoms with Crippen molar-refractivity contribution in [1.82, 2.24) is 5.32 Å². The van der Waals surface area contributed by atoms with Crippen LogP contribution in [0.4, 0.5) is 0 Å². The molecule has 2 heteroatoms. The zero-order chi connectivity index (χ0) is 12.2. The first-order chi connectivity index (χ1) is 8.92. The van der Waals surface area contributed by atoms with E-state index >= 15 is 0 Å². The summed E-state index contributed by atoms with van der Waals surface area (Å²) in [5.41, 5.74) is 1.39. The third-order valence-corrected chi connectivity index (χ3v) is 4.78. The van der Waals surface area contributed by atoms with Crippen molar-refractivity contribution in [1.29, 1.82) is 0 Å². The number of benzene rings is 2. The zero-order valence-electron chi connectivity index (χ0n) is 10.6. The number of fused-ring (bicyclic) bond motifs is 1. The van der Waals surface area contributed by atoms with Crippen molar-refractivity contribution < 1.29 is 0 Å². The summed E-state index contributed by atoms with van der Waals surface area (Å²) >= 11 is 2.08. The topological polar surface area (TPSA) is 12.0 Å². The highest BCUT2D eigenvalue weighted by Gasteiger charge is 2.12. The van der Waals surface area contributed by atoms with Gasteiger partial charge in [-0.1, -0.05) is 36.4 Å². The van der Waals surface area contributed by atoms with E-state index in [4.69, 9.17) is 0 Å². The molecule has 1 fully saturated rings. The van der Waals surface area contributed by atoms with Gasteiger partial charge in [0.1, 0.15) is 0 Å². The van der Waals surface area contributed by atoms with Crippen molar-refractivity contribution in [3.63, 3.8) is 0 Å². The highest BCUT2D eigenvalue weighted by atomic mass is 32.2. The van der Waals surface area contributed by atoms with Crippen LogP contribution >= 0.6 is 11.8 Å². The van der Waals surface area contributed by atoms with E-state index in [0.717, 1.165) is 6.54 Å². The molecule has 1 aliphatic rings. The maximum Gasteiger partial charge on any atom is 0.0208 e. The summed E-state index contributed by atoms with van der Waals surface area (Å²) < 4.78 is 0. The van der Waals surface area contributed by atoms with Crippen LogP contribution in [0.5, 0.6) is 0 Å². The molecule has 18 heavy (non-hydrogen) atoms. The van der Waals surface area contributed by atoms with Crippen molar-refractivity contribution in [2.45, 2.75) is 25.4 Å². The Hall–Kier alpha value is -0.990. The molecule has 0 aliphatic carbocycles. The minimum absolute atomic E-state index is 0.704. The first kappa shape index (κ1) is 12.1. The van der Waals surface area contributed by atoms with Gasteiger partial charge in [0, 0.05) is 18.3 Å². The molecule has 94 valence electrons. The molecule has 1 N–H and O–H groups in total. The molecule has 1 heterocycles. The summed E-state index contributed by atoms with van der Waals surface area (Å²) in [4.78, 5) is 0. The molecule has 2 aromatic rings. The Labute approximate surface area is 113 Å². The fourth-order valence-corrected chi connectivity index (χ4v) is 3.62. The van der Waals surface area contributed by atoms with E-state index in [1.807, 2.05) is 0 Å². The molecule has 0 saturated carbocycles. The number of hydrogen-bond donors (Lipinski definition) is 1. The van der Waals surface area contributed by atoms with E-state index in [0.29, 0.717) is 6.04 Å². The normalized spacial score (nSPS) is 20.1. The number of nitrogens with one attached hydrogen (secondary N) is 1. The summed E-state index contributed by atoms with van der Waals surface area (Å²) in [6.07, 6.45) is 2.70. The van der Waals surface area contributed by atoms with Gasteiger partial charge in [-0.25, -0.2) is 0 Å². The van der Waals surface area contributed by atoms with Crippen molar-refractivity contribution in [3.8, 4) is 0 Å². The second-order valence-electron chi connectivity index (χ2n) is 4.98. The number of rotatable bonds is 3. The van der Waals surface area contributed by atoms with Gasteiger partial charge in [-0.3, -0.25) is 0 Å². The van der Waals surface area contributed by atoms with Crippen LogP contribution < -0.4 is 5.32 Å². The van der Waals surface area contributed by atoms with E-state index in [-0.39, 0.29) is 0 Å². The lowest BCUT2D eigenvalue weighted by atomic mass is 10.1. The predicted octanol–water partition coefficient (Wildman–Crippen LogP) is 3.83. The Balaban J connectivity index is 1.66. The maximum absolute atomic E-state index is 3.68. The van der Waals surface area contributed by atoms with E-state index in [1.165, 1.54) is 40.7 Å². The molecule has 1 saturated heterocycles. The van der Waals surface area contributed by atoms with Gasteiger partial charge in [0.25, 0.3) is 0 Å². The van der Waals surface area contributed by atoms with Crippen LogP contribution in [0.3, 0.4) is 0 Å². The maximum atomic E-state index is 3.68. The van der Waals surface area contributed by atoms with Crippen LogP contribution in [-0.2, 0) is 6.54 Å². The lowest BCUT2D eigenvalue weighted by Gasteiger charge is -2.22. The average Bonchev–Trinajstić information content (AvgIpc) is 2.46. The molecule has 0 radical (unpaired) electrons. The molecular weight excluding hydrogens is 238 g/mol. The quantitative estimate of drug-likeness (QED) is 0.897. The van der Waals surface area contributed by atoms with Crippen LogP contribution in [-0.4, -0.2) is 17.5 Å². The lowest BCUT2D eigenvalue weighted by Crippen LogP contribution is -2.33. The minimum atomic E-state index is 0.704. The molecular formula is C16H19NS. The summed E-state index contributed by atoms with van der Waals surface area (Å²) in [6.45, 7) is 0.996. The number of thioether (sulfide) groups is 1. The van der Waals surface area contributed by atoms with Gasteiger partial charge in [-0.05, 0) is 41.0 Å². The van der Waals surface area contributed by atoms with Crippen molar-refractivity contribution in [2.75, 3.05) is 11.5 Å². The highest BCUT2D eigenvalue weighted by Crippen LogP contribution is 2.18. The van der Waals surface area contributed by atoms with Gasteiger partial charge in [0.2, 0.25) is 0 Å². The van der Waals surface area contributed by atoms with E-state index in [2.05, 4.69) is 59.5 Å². The Morgan fingerprint density at radius 1 is 1.11 bits per heavy atom. The summed E-state index contributed by atoms with van der Waals surface area (Å²) in [5.74, 6) is 2.61. The average molecular weight is 257 g/mol. The second-order valence-corrected chi connectivity index (χ2v) is 6.13. The predicted molar refractivity (Wildman–Crippen MR) is 81.1 cm³/mol. The monoisotopic (exact) mass is 257 g/mol. The zero-order valence-corrected chi connectivity index (χ0v) is 11.4. The fourth-order valence-electron chi connectivity index (χ4n) is 2.51. The molecule has 0 bridgehead atoms. The SMILES string of the molecule is c1ccc2cc(CNC3CCCSC3)ccc2c1. The standard InChI is InChI=1S/C16H19NS/c1-2-5-15-10-13(7-8-14(15)4-1)11-17-16-6-3-9-18-12-16/h1-2,4-5,7-8,10,16-17H,3,6,9,11-12H2. The van der Waals surface area contributed by atoms with Gasteiger partial charge in [-0.2, -0.15) is 11.8 Å². The van der Waals surface area contributed by atoms with Crippen LogP contribution in [0, 0.1) is 0 Å². The third kappa shape index (κ3) is 2.88. The fraction of sp³-hybridized carbons (Fsp3) is 0.375. The molecule has 0 spiro atoms. The van der Waals surface area contributed by atoms with E-state index in [1.54, 1.807) is 0 Å². The smallest absolute Gasteiger partial charge is 0.0208 e. The van der Waals surface area contributed by atoms with Crippen LogP contribution in [0.15, 0.2) is 42.5 Å². The Morgan fingerprint density at radius 2 is 2.00 bits per heavy atom. The molecule has 1 nitrogen and oxygen atoms in total. The largest absolute Gasteiger partial charge is 0.309 e. The number of hydrogen-bond acceptors (Lipinski definition) is 2. The Morgan fingerprint density at radius 3 is 2.83 bits per heavy atom. The van der Waals surface area contributed by atoms with Crippen LogP contribution in [0.1, 0.15) is 18.4 Å². The van der Waals surface area contributed by atoms with E-state index < -0.39 is 0 Å². The molecule has 1 aliphatic heterocycles. The van der Waals surface area contributed by atoms with Crippen molar-refractivity contribution >= 4 is 22.5 Å². The van der Waals surface area contributed by atoms with Crippen molar-refractivity contribution in [2.24, 2.45) is 0 Å². The molecule has 3 rings (SSSR count). The van der Waals surface area contributed by atoms with Gasteiger partial charge in [-0.15, -0.1) is 0 Å². The second kappa shape index (κ2) is 5.77. The van der Waals surface area contributed by atoms with Crippen LogP contribution in [0.2, 0.25) is 0 Å². The molecule has 1 unspecified atom stereocenters. The van der Waals surface area contributed by atoms with Gasteiger partial charge in [0.15, 0.2) is 0 Å². The van der Waals surface area contributed by atoms with Gasteiger partial charge >= 0.3 is 0 Å². The first-order valence-corrected chi connectivity index (χ1v) is 7.86.